The van der Waals surface area contributed by atoms with Gasteiger partial charge < -0.3 is 10.2 Å². The van der Waals surface area contributed by atoms with Crippen LogP contribution < -0.4 is 9.62 Å². The summed E-state index contributed by atoms with van der Waals surface area (Å²) in [5.41, 5.74) is 0.669. The van der Waals surface area contributed by atoms with E-state index in [4.69, 9.17) is 11.6 Å². The Kier molecular flexibility index (Phi) is 10.9. The molecule has 0 radical (unpaired) electrons. The Morgan fingerprint density at radius 2 is 1.58 bits per heavy atom. The number of anilines is 1. The van der Waals surface area contributed by atoms with Crippen molar-refractivity contribution in [2.45, 2.75) is 58.3 Å². The first-order chi connectivity index (χ1) is 20.0. The third-order valence-electron chi connectivity index (χ3n) is 6.88. The van der Waals surface area contributed by atoms with Crippen LogP contribution in [-0.2, 0) is 32.3 Å². The highest BCUT2D eigenvalue weighted by molar-refractivity contribution is 7.92. The van der Waals surface area contributed by atoms with Crippen LogP contribution in [0, 0.1) is 19.8 Å². The third-order valence-corrected chi connectivity index (χ3v) is 9.00. The summed E-state index contributed by atoms with van der Waals surface area (Å²) < 4.78 is 69.8. The van der Waals surface area contributed by atoms with Crippen LogP contribution in [0.2, 0.25) is 5.02 Å². The normalized spacial score (nSPS) is 12.6. The molecule has 232 valence electrons. The van der Waals surface area contributed by atoms with Gasteiger partial charge in [-0.1, -0.05) is 67.4 Å². The molecule has 0 bridgehead atoms. The van der Waals surface area contributed by atoms with Crippen molar-refractivity contribution in [1.82, 2.24) is 10.2 Å². The van der Waals surface area contributed by atoms with Crippen molar-refractivity contribution in [3.8, 4) is 0 Å². The predicted octanol–water partition coefficient (Wildman–Crippen LogP) is 6.36. The summed E-state index contributed by atoms with van der Waals surface area (Å²) in [6.07, 6.45) is -4.88. The quantitative estimate of drug-likeness (QED) is 0.265. The number of rotatable bonds is 11. The molecule has 43 heavy (non-hydrogen) atoms. The summed E-state index contributed by atoms with van der Waals surface area (Å²) in [6.45, 7) is 8.39. The van der Waals surface area contributed by atoms with Gasteiger partial charge in [0.15, 0.2) is 0 Å². The number of carbonyl (C=O) groups excluding carboxylic acids is 2. The Bertz CT molecular complexity index is 1560. The number of aryl methyl sites for hydroxylation is 2. The van der Waals surface area contributed by atoms with E-state index in [0.29, 0.717) is 16.9 Å². The standard InChI is InChI=1S/C31H35ClF3N3O4S/c1-20(2)17-36-30(40)23(5)37(18-24-9-7-6-8-22(24)4)29(39)19-38(43(41,42)26-13-10-21(3)11-14-26)25-12-15-28(32)27(16-25)31(33,34)35/h6-16,20,23H,17-19H2,1-5H3,(H,36,40). The lowest BCUT2D eigenvalue weighted by Gasteiger charge is -2.32. The van der Waals surface area contributed by atoms with Gasteiger partial charge in [-0.25, -0.2) is 8.42 Å². The van der Waals surface area contributed by atoms with Gasteiger partial charge in [0.25, 0.3) is 10.0 Å². The Balaban J connectivity index is 2.12. The predicted molar refractivity (Wildman–Crippen MR) is 161 cm³/mol. The number of carbonyl (C=O) groups is 2. The monoisotopic (exact) mass is 637 g/mol. The first-order valence-electron chi connectivity index (χ1n) is 13.6. The molecule has 1 N–H and O–H groups in total. The van der Waals surface area contributed by atoms with E-state index in [0.717, 1.165) is 28.8 Å². The van der Waals surface area contributed by atoms with E-state index in [1.807, 2.05) is 32.9 Å². The Morgan fingerprint density at radius 1 is 0.953 bits per heavy atom. The summed E-state index contributed by atoms with van der Waals surface area (Å²) in [5.74, 6) is -1.09. The molecule has 0 aliphatic carbocycles. The van der Waals surface area contributed by atoms with Gasteiger partial charge >= 0.3 is 6.18 Å². The van der Waals surface area contributed by atoms with E-state index in [1.165, 1.54) is 24.0 Å². The molecule has 3 rings (SSSR count). The molecule has 1 atom stereocenters. The number of benzene rings is 3. The average Bonchev–Trinajstić information content (AvgIpc) is 2.93. The van der Waals surface area contributed by atoms with Gasteiger partial charge in [-0.3, -0.25) is 13.9 Å². The number of alkyl halides is 3. The average molecular weight is 638 g/mol. The topological polar surface area (TPSA) is 86.8 Å². The molecule has 0 saturated carbocycles. The van der Waals surface area contributed by atoms with Crippen LogP contribution in [0.15, 0.2) is 71.6 Å². The molecule has 0 heterocycles. The molecule has 3 aromatic carbocycles. The lowest BCUT2D eigenvalue weighted by molar-refractivity contribution is -0.139. The molecular weight excluding hydrogens is 603 g/mol. The molecule has 2 amide bonds. The maximum absolute atomic E-state index is 14.0. The Labute approximate surface area is 255 Å². The van der Waals surface area contributed by atoms with Gasteiger partial charge in [0.1, 0.15) is 12.6 Å². The molecule has 7 nitrogen and oxygen atoms in total. The highest BCUT2D eigenvalue weighted by atomic mass is 35.5. The number of hydrogen-bond donors (Lipinski definition) is 1. The molecule has 0 aliphatic heterocycles. The minimum absolute atomic E-state index is 0.0331. The molecule has 0 aromatic heterocycles. The van der Waals surface area contributed by atoms with E-state index >= 15 is 0 Å². The first kappa shape index (κ1) is 33.9. The van der Waals surface area contributed by atoms with E-state index < -0.39 is 56.9 Å². The van der Waals surface area contributed by atoms with Crippen molar-refractivity contribution in [1.29, 1.82) is 0 Å². The Morgan fingerprint density at radius 3 is 2.16 bits per heavy atom. The second-order valence-electron chi connectivity index (χ2n) is 10.7. The molecule has 3 aromatic rings. The van der Waals surface area contributed by atoms with E-state index in [2.05, 4.69) is 5.32 Å². The number of nitrogens with zero attached hydrogens (tertiary/aromatic N) is 2. The highest BCUT2D eigenvalue weighted by Crippen LogP contribution is 2.38. The smallest absolute Gasteiger partial charge is 0.354 e. The van der Waals surface area contributed by atoms with Crippen molar-refractivity contribution in [2.75, 3.05) is 17.4 Å². The third kappa shape index (κ3) is 8.51. The van der Waals surface area contributed by atoms with Gasteiger partial charge in [-0.05, 0) is 68.1 Å². The molecule has 12 heteroatoms. The molecule has 0 fully saturated rings. The van der Waals surface area contributed by atoms with Gasteiger partial charge in [0.05, 0.1) is 21.2 Å². The fourth-order valence-electron chi connectivity index (χ4n) is 4.26. The second kappa shape index (κ2) is 13.8. The number of sulfonamides is 1. The van der Waals surface area contributed by atoms with Crippen molar-refractivity contribution in [3.63, 3.8) is 0 Å². The van der Waals surface area contributed by atoms with Crippen molar-refractivity contribution >= 4 is 39.1 Å². The van der Waals surface area contributed by atoms with Crippen LogP contribution in [-0.4, -0.2) is 44.3 Å². The van der Waals surface area contributed by atoms with Gasteiger partial charge in [0, 0.05) is 13.1 Å². The van der Waals surface area contributed by atoms with Crippen LogP contribution in [0.4, 0.5) is 18.9 Å². The van der Waals surface area contributed by atoms with E-state index in [1.54, 1.807) is 31.2 Å². The molecular formula is C31H35ClF3N3O4S. The first-order valence-corrected chi connectivity index (χ1v) is 15.4. The summed E-state index contributed by atoms with van der Waals surface area (Å²) in [6, 6.07) is 14.6. The highest BCUT2D eigenvalue weighted by Gasteiger charge is 2.37. The number of halogens is 4. The van der Waals surface area contributed by atoms with Crippen molar-refractivity contribution in [2.24, 2.45) is 5.92 Å². The van der Waals surface area contributed by atoms with Gasteiger partial charge in [-0.2, -0.15) is 13.2 Å². The van der Waals surface area contributed by atoms with Crippen LogP contribution in [0.3, 0.4) is 0 Å². The number of hydrogen-bond acceptors (Lipinski definition) is 4. The number of amides is 2. The van der Waals surface area contributed by atoms with Gasteiger partial charge in [-0.15, -0.1) is 0 Å². The lowest BCUT2D eigenvalue weighted by atomic mass is 10.1. The van der Waals surface area contributed by atoms with E-state index in [-0.39, 0.29) is 17.4 Å². The fourth-order valence-corrected chi connectivity index (χ4v) is 5.89. The fraction of sp³-hybridized carbons (Fsp3) is 0.355. The van der Waals surface area contributed by atoms with Crippen LogP contribution in [0.5, 0.6) is 0 Å². The summed E-state index contributed by atoms with van der Waals surface area (Å²) >= 11 is 5.82. The molecule has 1 unspecified atom stereocenters. The lowest BCUT2D eigenvalue weighted by Crippen LogP contribution is -2.51. The second-order valence-corrected chi connectivity index (χ2v) is 13.0. The van der Waals surface area contributed by atoms with Crippen molar-refractivity contribution in [3.05, 3.63) is 94.0 Å². The Hall–Kier alpha value is -3.57. The van der Waals surface area contributed by atoms with Crippen LogP contribution >= 0.6 is 11.6 Å². The largest absolute Gasteiger partial charge is 0.417 e. The minimum Gasteiger partial charge on any atom is -0.354 e. The summed E-state index contributed by atoms with van der Waals surface area (Å²) in [7, 11) is -4.55. The zero-order valence-electron chi connectivity index (χ0n) is 24.6. The summed E-state index contributed by atoms with van der Waals surface area (Å²) in [4.78, 5) is 28.1. The van der Waals surface area contributed by atoms with Crippen molar-refractivity contribution < 1.29 is 31.2 Å². The van der Waals surface area contributed by atoms with Crippen LogP contribution in [0.25, 0.3) is 0 Å². The zero-order valence-corrected chi connectivity index (χ0v) is 26.1. The summed E-state index contributed by atoms with van der Waals surface area (Å²) in [5, 5.41) is 2.17. The zero-order chi connectivity index (χ0) is 32.1. The minimum atomic E-state index is -4.88. The molecule has 0 saturated heterocycles. The molecule has 0 spiro atoms. The van der Waals surface area contributed by atoms with Crippen LogP contribution in [0.1, 0.15) is 43.0 Å². The SMILES string of the molecule is Cc1ccc(S(=O)(=O)N(CC(=O)N(Cc2ccccc2C)C(C)C(=O)NCC(C)C)c2ccc(Cl)c(C(F)(F)F)c2)cc1. The van der Waals surface area contributed by atoms with E-state index in [9.17, 15) is 31.2 Å². The van der Waals surface area contributed by atoms with Gasteiger partial charge in [0.2, 0.25) is 11.8 Å². The number of nitrogens with one attached hydrogen (secondary N) is 1. The maximum atomic E-state index is 14.0. The maximum Gasteiger partial charge on any atom is 0.417 e. The molecule has 0 aliphatic rings.